The van der Waals surface area contributed by atoms with E-state index in [0.29, 0.717) is 18.9 Å². The van der Waals surface area contributed by atoms with Crippen LogP contribution in [0.5, 0.6) is 0 Å². The van der Waals surface area contributed by atoms with Crippen molar-refractivity contribution in [2.75, 3.05) is 0 Å². The zero-order valence-corrected chi connectivity index (χ0v) is 10.2. The molecule has 1 aliphatic rings. The van der Waals surface area contributed by atoms with Crippen molar-refractivity contribution in [2.45, 2.75) is 32.2 Å². The van der Waals surface area contributed by atoms with Gasteiger partial charge in [0.1, 0.15) is 0 Å². The summed E-state index contributed by atoms with van der Waals surface area (Å²) in [5.74, 6) is -0.228. The standard InChI is InChI=1S/C14H17NO3/c16-13(7-10-5-6-10)15-9-12-4-2-1-3-11(12)8-14(17)18/h1-4,10H,5-9H2,(H,15,16)(H,17,18). The fourth-order valence-corrected chi connectivity index (χ4v) is 1.92. The molecule has 4 nitrogen and oxygen atoms in total. The summed E-state index contributed by atoms with van der Waals surface area (Å²) >= 11 is 0. The maximum Gasteiger partial charge on any atom is 0.307 e. The van der Waals surface area contributed by atoms with E-state index in [1.54, 1.807) is 6.07 Å². The van der Waals surface area contributed by atoms with Crippen LogP contribution in [0.25, 0.3) is 0 Å². The van der Waals surface area contributed by atoms with Crippen molar-refractivity contribution in [3.8, 4) is 0 Å². The van der Waals surface area contributed by atoms with Crippen molar-refractivity contribution in [3.63, 3.8) is 0 Å². The first-order valence-corrected chi connectivity index (χ1v) is 6.20. The van der Waals surface area contributed by atoms with Gasteiger partial charge in [-0.25, -0.2) is 0 Å². The predicted molar refractivity (Wildman–Crippen MR) is 67.0 cm³/mol. The van der Waals surface area contributed by atoms with E-state index in [1.165, 1.54) is 0 Å². The number of rotatable bonds is 6. The molecule has 0 aromatic heterocycles. The number of carbonyl (C=O) groups excluding carboxylic acids is 1. The van der Waals surface area contributed by atoms with Crippen LogP contribution in [0.4, 0.5) is 0 Å². The molecule has 1 saturated carbocycles. The highest BCUT2D eigenvalue weighted by Gasteiger charge is 2.24. The molecule has 0 unspecified atom stereocenters. The molecule has 1 aromatic carbocycles. The quantitative estimate of drug-likeness (QED) is 0.804. The van der Waals surface area contributed by atoms with Crippen LogP contribution in [0.15, 0.2) is 24.3 Å². The number of hydrogen-bond donors (Lipinski definition) is 2. The normalized spacial score (nSPS) is 14.2. The Morgan fingerprint density at radius 1 is 1.22 bits per heavy atom. The topological polar surface area (TPSA) is 66.4 Å². The molecule has 0 atom stereocenters. The molecule has 96 valence electrons. The molecular formula is C14H17NO3. The van der Waals surface area contributed by atoms with Gasteiger partial charge < -0.3 is 10.4 Å². The van der Waals surface area contributed by atoms with E-state index < -0.39 is 5.97 Å². The van der Waals surface area contributed by atoms with Crippen LogP contribution in [0.2, 0.25) is 0 Å². The molecule has 0 heterocycles. The highest BCUT2D eigenvalue weighted by atomic mass is 16.4. The van der Waals surface area contributed by atoms with Gasteiger partial charge in [-0.1, -0.05) is 24.3 Å². The largest absolute Gasteiger partial charge is 0.481 e. The average molecular weight is 247 g/mol. The zero-order chi connectivity index (χ0) is 13.0. The van der Waals surface area contributed by atoms with Gasteiger partial charge in [0.15, 0.2) is 0 Å². The number of carbonyl (C=O) groups is 2. The third-order valence-corrected chi connectivity index (χ3v) is 3.11. The van der Waals surface area contributed by atoms with Crippen molar-refractivity contribution in [1.29, 1.82) is 0 Å². The summed E-state index contributed by atoms with van der Waals surface area (Å²) in [6, 6.07) is 7.31. The van der Waals surface area contributed by atoms with E-state index in [2.05, 4.69) is 5.32 Å². The van der Waals surface area contributed by atoms with Gasteiger partial charge in [0.2, 0.25) is 5.91 Å². The first-order valence-electron chi connectivity index (χ1n) is 6.20. The van der Waals surface area contributed by atoms with Gasteiger partial charge >= 0.3 is 5.97 Å². The van der Waals surface area contributed by atoms with E-state index >= 15 is 0 Å². The summed E-state index contributed by atoms with van der Waals surface area (Å²) in [6.07, 6.45) is 2.90. The van der Waals surface area contributed by atoms with Crippen LogP contribution in [0.1, 0.15) is 30.4 Å². The Bertz CT molecular complexity index is 452. The number of carboxylic acid groups (broad SMARTS) is 1. The van der Waals surface area contributed by atoms with Crippen LogP contribution in [0, 0.1) is 5.92 Å². The summed E-state index contributed by atoms with van der Waals surface area (Å²) in [4.78, 5) is 22.3. The van der Waals surface area contributed by atoms with Crippen LogP contribution in [-0.4, -0.2) is 17.0 Å². The summed E-state index contributed by atoms with van der Waals surface area (Å²) in [5, 5.41) is 11.7. The van der Waals surface area contributed by atoms with E-state index in [0.717, 1.165) is 24.0 Å². The molecule has 1 aliphatic carbocycles. The average Bonchev–Trinajstić information content (AvgIpc) is 3.11. The molecule has 0 bridgehead atoms. The maximum absolute atomic E-state index is 11.6. The Morgan fingerprint density at radius 2 is 1.89 bits per heavy atom. The van der Waals surface area contributed by atoms with Gasteiger partial charge in [0.25, 0.3) is 0 Å². The number of aliphatic carboxylic acids is 1. The first-order chi connectivity index (χ1) is 8.65. The third kappa shape index (κ3) is 3.87. The Balaban J connectivity index is 1.90. The summed E-state index contributed by atoms with van der Waals surface area (Å²) < 4.78 is 0. The van der Waals surface area contributed by atoms with E-state index in [1.807, 2.05) is 18.2 Å². The molecule has 1 aromatic rings. The maximum atomic E-state index is 11.6. The lowest BCUT2D eigenvalue weighted by molar-refractivity contribution is -0.136. The van der Waals surface area contributed by atoms with Gasteiger partial charge in [-0.2, -0.15) is 0 Å². The molecule has 1 fully saturated rings. The number of amides is 1. The predicted octanol–water partition coefficient (Wildman–Crippen LogP) is 1.73. The van der Waals surface area contributed by atoms with Crippen molar-refractivity contribution in [2.24, 2.45) is 5.92 Å². The second kappa shape index (κ2) is 5.67. The lowest BCUT2D eigenvalue weighted by atomic mass is 10.0. The Morgan fingerprint density at radius 3 is 2.50 bits per heavy atom. The number of hydrogen-bond acceptors (Lipinski definition) is 2. The SMILES string of the molecule is O=C(O)Cc1ccccc1CNC(=O)CC1CC1. The van der Waals surface area contributed by atoms with Crippen molar-refractivity contribution in [3.05, 3.63) is 35.4 Å². The molecule has 18 heavy (non-hydrogen) atoms. The Hall–Kier alpha value is -1.84. The monoisotopic (exact) mass is 247 g/mol. The van der Waals surface area contributed by atoms with Crippen molar-refractivity contribution < 1.29 is 14.7 Å². The highest BCUT2D eigenvalue weighted by Crippen LogP contribution is 2.32. The van der Waals surface area contributed by atoms with Gasteiger partial charge in [0, 0.05) is 13.0 Å². The molecule has 4 heteroatoms. The van der Waals surface area contributed by atoms with Crippen LogP contribution in [-0.2, 0) is 22.6 Å². The first kappa shape index (κ1) is 12.6. The fraction of sp³-hybridized carbons (Fsp3) is 0.429. The zero-order valence-electron chi connectivity index (χ0n) is 10.2. The van der Waals surface area contributed by atoms with Crippen LogP contribution < -0.4 is 5.32 Å². The molecule has 1 amide bonds. The van der Waals surface area contributed by atoms with E-state index in [4.69, 9.17) is 5.11 Å². The minimum Gasteiger partial charge on any atom is -0.481 e. The second-order valence-corrected chi connectivity index (χ2v) is 4.76. The molecular weight excluding hydrogens is 230 g/mol. The molecule has 0 aliphatic heterocycles. The smallest absolute Gasteiger partial charge is 0.307 e. The van der Waals surface area contributed by atoms with Gasteiger partial charge in [-0.15, -0.1) is 0 Å². The Labute approximate surface area is 106 Å². The van der Waals surface area contributed by atoms with Crippen molar-refractivity contribution >= 4 is 11.9 Å². The van der Waals surface area contributed by atoms with Crippen LogP contribution in [0.3, 0.4) is 0 Å². The minimum atomic E-state index is -0.855. The molecule has 0 saturated heterocycles. The summed E-state index contributed by atoms with van der Waals surface area (Å²) in [6.45, 7) is 0.412. The fourth-order valence-electron chi connectivity index (χ4n) is 1.92. The van der Waals surface area contributed by atoms with Gasteiger partial charge in [0.05, 0.1) is 6.42 Å². The van der Waals surface area contributed by atoms with E-state index in [9.17, 15) is 9.59 Å². The van der Waals surface area contributed by atoms with Crippen molar-refractivity contribution in [1.82, 2.24) is 5.32 Å². The van der Waals surface area contributed by atoms with Crippen LogP contribution >= 0.6 is 0 Å². The third-order valence-electron chi connectivity index (χ3n) is 3.11. The number of nitrogens with one attached hydrogen (secondary N) is 1. The van der Waals surface area contributed by atoms with Gasteiger partial charge in [-0.3, -0.25) is 9.59 Å². The second-order valence-electron chi connectivity index (χ2n) is 4.76. The molecule has 2 N–H and O–H groups in total. The lowest BCUT2D eigenvalue weighted by Gasteiger charge is -2.09. The minimum absolute atomic E-state index is 0.00529. The Kier molecular flexibility index (Phi) is 3.97. The van der Waals surface area contributed by atoms with Gasteiger partial charge in [-0.05, 0) is 29.9 Å². The lowest BCUT2D eigenvalue weighted by Crippen LogP contribution is -2.23. The van der Waals surface area contributed by atoms with E-state index in [-0.39, 0.29) is 12.3 Å². The highest BCUT2D eigenvalue weighted by molar-refractivity contribution is 5.76. The summed E-state index contributed by atoms with van der Waals surface area (Å²) in [5.41, 5.74) is 1.64. The molecule has 0 radical (unpaired) electrons. The number of benzene rings is 1. The summed E-state index contributed by atoms with van der Waals surface area (Å²) in [7, 11) is 0. The molecule has 2 rings (SSSR count). The molecule has 0 spiro atoms. The number of carboxylic acids is 1.